The summed E-state index contributed by atoms with van der Waals surface area (Å²) in [5, 5.41) is 0. The topological polar surface area (TPSA) is 125 Å². The number of carbonyl (C=O) groups excluding carboxylic acids is 2. The summed E-state index contributed by atoms with van der Waals surface area (Å²) in [5.74, 6) is -1.94. The zero-order valence-corrected chi connectivity index (χ0v) is 20.7. The van der Waals surface area contributed by atoms with Gasteiger partial charge >= 0.3 is 12.1 Å². The molecule has 0 radical (unpaired) electrons. The molecule has 1 atom stereocenters. The maximum atomic E-state index is 13.7. The zero-order valence-electron chi connectivity index (χ0n) is 19.9. The quantitative estimate of drug-likeness (QED) is 0.232. The first kappa shape index (κ1) is 26.5. The first-order valence-corrected chi connectivity index (χ1v) is 13.3. The Labute approximate surface area is 214 Å². The minimum absolute atomic E-state index is 0.0114. The highest BCUT2D eigenvalue weighted by molar-refractivity contribution is 7.89. The largest absolute Gasteiger partial charge is 0.516 e. The molecule has 0 heterocycles. The monoisotopic (exact) mass is 526 g/mol. The predicted molar refractivity (Wildman–Crippen MR) is 135 cm³/mol. The molecule has 37 heavy (non-hydrogen) atoms. The van der Waals surface area contributed by atoms with E-state index < -0.39 is 38.9 Å². The molecule has 8 nitrogen and oxygen atoms in total. The van der Waals surface area contributed by atoms with Gasteiger partial charge in [-0.2, -0.15) is 0 Å². The maximum Gasteiger partial charge on any atom is 0.516 e. The lowest BCUT2D eigenvalue weighted by molar-refractivity contribution is -0.141. The van der Waals surface area contributed by atoms with Gasteiger partial charge in [0, 0.05) is 12.5 Å². The normalized spacial score (nSPS) is 13.5. The molecular weight excluding hydrogens is 499 g/mol. The van der Waals surface area contributed by atoms with Crippen molar-refractivity contribution in [3.8, 4) is 11.1 Å². The SMILES string of the molecule is N[C@@H](CCCCNS(=O)(=O)c1ccccc1F)C(=O)OC(=O)OCC1c2ccccc2-c2ccccc21. The highest BCUT2D eigenvalue weighted by atomic mass is 32.2. The molecule has 0 bridgehead atoms. The number of esters is 1. The fraction of sp³-hybridized carbons (Fsp3) is 0.259. The summed E-state index contributed by atoms with van der Waals surface area (Å²) in [5.41, 5.74) is 10.0. The van der Waals surface area contributed by atoms with Gasteiger partial charge in [-0.15, -0.1) is 0 Å². The molecule has 0 fully saturated rings. The second-order valence-electron chi connectivity index (χ2n) is 8.64. The summed E-state index contributed by atoms with van der Waals surface area (Å²) in [6.07, 6.45) is -0.239. The van der Waals surface area contributed by atoms with Crippen molar-refractivity contribution in [1.29, 1.82) is 0 Å². The number of unbranched alkanes of at least 4 members (excludes halogenated alkanes) is 1. The van der Waals surface area contributed by atoms with Crippen LogP contribution < -0.4 is 10.5 Å². The molecule has 1 aliphatic rings. The minimum Gasteiger partial charge on any atom is -0.433 e. The van der Waals surface area contributed by atoms with E-state index >= 15 is 0 Å². The van der Waals surface area contributed by atoms with Crippen molar-refractivity contribution in [3.63, 3.8) is 0 Å². The number of nitrogens with one attached hydrogen (secondary N) is 1. The lowest BCUT2D eigenvalue weighted by atomic mass is 9.98. The molecule has 3 aromatic carbocycles. The number of hydrogen-bond acceptors (Lipinski definition) is 7. The van der Waals surface area contributed by atoms with Crippen LogP contribution in [0.3, 0.4) is 0 Å². The van der Waals surface area contributed by atoms with Gasteiger partial charge in [0.15, 0.2) is 0 Å². The van der Waals surface area contributed by atoms with Crippen LogP contribution in [0.4, 0.5) is 9.18 Å². The Morgan fingerprint density at radius 2 is 1.51 bits per heavy atom. The summed E-state index contributed by atoms with van der Waals surface area (Å²) in [6, 6.07) is 19.7. The van der Waals surface area contributed by atoms with Crippen molar-refractivity contribution in [2.24, 2.45) is 5.73 Å². The highest BCUT2D eigenvalue weighted by Crippen LogP contribution is 2.44. The highest BCUT2D eigenvalue weighted by Gasteiger charge is 2.30. The molecule has 3 N–H and O–H groups in total. The van der Waals surface area contributed by atoms with Crippen molar-refractivity contribution in [1.82, 2.24) is 4.72 Å². The third kappa shape index (κ3) is 6.22. The number of benzene rings is 3. The van der Waals surface area contributed by atoms with Crippen molar-refractivity contribution in [2.45, 2.75) is 36.1 Å². The van der Waals surface area contributed by atoms with E-state index in [2.05, 4.69) is 4.72 Å². The molecule has 4 rings (SSSR count). The van der Waals surface area contributed by atoms with E-state index in [1.54, 1.807) is 0 Å². The number of fused-ring (bicyclic) bond motifs is 3. The van der Waals surface area contributed by atoms with Crippen LogP contribution in [0.1, 0.15) is 36.3 Å². The molecule has 0 spiro atoms. The van der Waals surface area contributed by atoms with Crippen LogP contribution in [0.15, 0.2) is 77.7 Å². The van der Waals surface area contributed by atoms with Crippen molar-refractivity contribution in [2.75, 3.05) is 13.2 Å². The maximum absolute atomic E-state index is 13.7. The summed E-state index contributed by atoms with van der Waals surface area (Å²) in [6.45, 7) is 0.0440. The fourth-order valence-electron chi connectivity index (χ4n) is 4.33. The van der Waals surface area contributed by atoms with Crippen LogP contribution in [-0.2, 0) is 24.3 Å². The molecule has 0 aliphatic heterocycles. The Hall–Kier alpha value is -3.60. The standard InChI is InChI=1S/C27H27FN2O6S/c28-23-13-5-6-15-25(23)37(33,34)30-16-8-7-14-24(29)26(31)36-27(32)35-17-22-20-11-3-1-9-18(20)19-10-2-4-12-21(19)22/h1-6,9-13,15,22,24,30H,7-8,14,16-17,29H2/t24-/m0/s1. The average molecular weight is 527 g/mol. The Morgan fingerprint density at radius 3 is 2.16 bits per heavy atom. The Balaban J connectivity index is 1.19. The number of carbonyl (C=O) groups is 2. The molecule has 0 saturated heterocycles. The van der Waals surface area contributed by atoms with Crippen molar-refractivity contribution >= 4 is 22.1 Å². The second kappa shape index (κ2) is 11.6. The molecule has 10 heteroatoms. The van der Waals surface area contributed by atoms with Gasteiger partial charge in [-0.1, -0.05) is 67.1 Å². The van der Waals surface area contributed by atoms with Crippen LogP contribution >= 0.6 is 0 Å². The van der Waals surface area contributed by atoms with Crippen LogP contribution in [-0.4, -0.2) is 39.7 Å². The number of hydrogen-bond donors (Lipinski definition) is 2. The molecular formula is C27H27FN2O6S. The van der Waals surface area contributed by atoms with Gasteiger partial charge in [-0.3, -0.25) is 0 Å². The second-order valence-corrected chi connectivity index (χ2v) is 10.4. The number of halogens is 1. The first-order chi connectivity index (χ1) is 17.8. The minimum atomic E-state index is -3.98. The fourth-order valence-corrected chi connectivity index (χ4v) is 5.48. The van der Waals surface area contributed by atoms with E-state index in [-0.39, 0.29) is 25.5 Å². The van der Waals surface area contributed by atoms with E-state index in [4.69, 9.17) is 15.2 Å². The molecule has 1 aliphatic carbocycles. The summed E-state index contributed by atoms with van der Waals surface area (Å²) in [4.78, 5) is 23.9. The Bertz CT molecular complexity index is 1350. The predicted octanol–water partition coefficient (Wildman–Crippen LogP) is 4.09. The first-order valence-electron chi connectivity index (χ1n) is 11.8. The molecule has 194 valence electrons. The Morgan fingerprint density at radius 1 is 0.919 bits per heavy atom. The van der Waals surface area contributed by atoms with Crippen LogP contribution in [0, 0.1) is 5.82 Å². The number of nitrogens with two attached hydrogens (primary N) is 1. The lowest BCUT2D eigenvalue weighted by Gasteiger charge is -2.14. The van der Waals surface area contributed by atoms with Crippen molar-refractivity contribution in [3.05, 3.63) is 89.7 Å². The van der Waals surface area contributed by atoms with Gasteiger partial charge in [0.1, 0.15) is 23.4 Å². The summed E-state index contributed by atoms with van der Waals surface area (Å²) < 4.78 is 50.4. The van der Waals surface area contributed by atoms with Gasteiger partial charge in [0.25, 0.3) is 0 Å². The zero-order chi connectivity index (χ0) is 26.4. The molecule has 0 aromatic heterocycles. The number of rotatable bonds is 10. The smallest absolute Gasteiger partial charge is 0.433 e. The van der Waals surface area contributed by atoms with E-state index in [1.165, 1.54) is 18.2 Å². The summed E-state index contributed by atoms with van der Waals surface area (Å²) in [7, 11) is -3.98. The van der Waals surface area contributed by atoms with Crippen LogP contribution in [0.2, 0.25) is 0 Å². The number of ether oxygens (including phenoxy) is 2. The van der Waals surface area contributed by atoms with Gasteiger partial charge in [0.2, 0.25) is 10.0 Å². The number of sulfonamides is 1. The van der Waals surface area contributed by atoms with E-state index in [0.29, 0.717) is 12.8 Å². The Kier molecular flexibility index (Phi) is 8.32. The third-order valence-corrected chi connectivity index (χ3v) is 7.67. The van der Waals surface area contributed by atoms with Gasteiger partial charge < -0.3 is 15.2 Å². The molecule has 0 saturated carbocycles. The van der Waals surface area contributed by atoms with E-state index in [1.807, 2.05) is 48.5 Å². The third-order valence-electron chi connectivity index (χ3n) is 6.18. The average Bonchev–Trinajstić information content (AvgIpc) is 3.21. The van der Waals surface area contributed by atoms with Crippen LogP contribution in [0.5, 0.6) is 0 Å². The van der Waals surface area contributed by atoms with E-state index in [0.717, 1.165) is 28.3 Å². The van der Waals surface area contributed by atoms with E-state index in [9.17, 15) is 22.4 Å². The lowest BCUT2D eigenvalue weighted by Crippen LogP contribution is -2.34. The van der Waals surface area contributed by atoms with Gasteiger partial charge in [0.05, 0.1) is 0 Å². The molecule has 0 amide bonds. The van der Waals surface area contributed by atoms with Gasteiger partial charge in [-0.25, -0.2) is 27.1 Å². The van der Waals surface area contributed by atoms with Crippen molar-refractivity contribution < 1.29 is 31.9 Å². The van der Waals surface area contributed by atoms with Gasteiger partial charge in [-0.05, 0) is 47.2 Å². The molecule has 3 aromatic rings. The summed E-state index contributed by atoms with van der Waals surface area (Å²) >= 11 is 0. The van der Waals surface area contributed by atoms with Crippen LogP contribution in [0.25, 0.3) is 11.1 Å². The molecule has 0 unspecified atom stereocenters.